The van der Waals surface area contributed by atoms with Crippen molar-refractivity contribution in [3.8, 4) is 0 Å². The van der Waals surface area contributed by atoms with Gasteiger partial charge in [0, 0.05) is 6.54 Å². The molecule has 0 spiro atoms. The minimum absolute atomic E-state index is 0.172. The molecule has 0 aliphatic heterocycles. The van der Waals surface area contributed by atoms with E-state index in [9.17, 15) is 14.4 Å². The zero-order valence-corrected chi connectivity index (χ0v) is 13.6. The number of hydrogen-bond acceptors (Lipinski definition) is 7. The Kier molecular flexibility index (Phi) is 7.14. The van der Waals surface area contributed by atoms with Crippen LogP contribution in [-0.2, 0) is 25.6 Å². The van der Waals surface area contributed by atoms with Crippen molar-refractivity contribution in [3.63, 3.8) is 0 Å². The van der Waals surface area contributed by atoms with Gasteiger partial charge in [-0.05, 0) is 26.0 Å². The van der Waals surface area contributed by atoms with E-state index in [1.807, 2.05) is 0 Å². The second-order valence-corrected chi connectivity index (χ2v) is 4.86. The van der Waals surface area contributed by atoms with Gasteiger partial charge in [0.1, 0.15) is 17.8 Å². The fourth-order valence-electron chi connectivity index (χ4n) is 1.73. The van der Waals surface area contributed by atoms with E-state index in [1.54, 1.807) is 19.1 Å². The van der Waals surface area contributed by atoms with Crippen molar-refractivity contribution in [2.45, 2.75) is 32.5 Å². The molecule has 2 unspecified atom stereocenters. The second kappa shape index (κ2) is 8.84. The quantitative estimate of drug-likeness (QED) is 0.681. The maximum Gasteiger partial charge on any atom is 0.328 e. The Morgan fingerprint density at radius 3 is 2.30 bits per heavy atom. The number of amides is 1. The number of hydrogen-bond donors (Lipinski definition) is 2. The van der Waals surface area contributed by atoms with Crippen LogP contribution in [0.1, 0.15) is 30.0 Å². The Morgan fingerprint density at radius 1 is 1.09 bits per heavy atom. The zero-order chi connectivity index (χ0) is 17.4. The first-order chi connectivity index (χ1) is 10.9. The molecule has 0 aliphatic rings. The van der Waals surface area contributed by atoms with E-state index < -0.39 is 24.0 Å². The number of rotatable bonds is 7. The lowest BCUT2D eigenvalue weighted by molar-refractivity contribution is -0.143. The first kappa shape index (κ1) is 18.6. The molecule has 0 aromatic carbocycles. The van der Waals surface area contributed by atoms with Crippen LogP contribution in [0.5, 0.6) is 0 Å². The van der Waals surface area contributed by atoms with Gasteiger partial charge in [0.15, 0.2) is 0 Å². The lowest BCUT2D eigenvalue weighted by Crippen LogP contribution is -2.39. The first-order valence-electron chi connectivity index (χ1n) is 7.04. The fourth-order valence-corrected chi connectivity index (χ4v) is 1.73. The van der Waals surface area contributed by atoms with Gasteiger partial charge >= 0.3 is 11.9 Å². The van der Waals surface area contributed by atoms with Crippen LogP contribution in [-0.4, -0.2) is 49.1 Å². The van der Waals surface area contributed by atoms with Gasteiger partial charge in [-0.2, -0.15) is 0 Å². The lowest BCUT2D eigenvalue weighted by atomic mass is 10.2. The molecule has 0 saturated heterocycles. The smallest absolute Gasteiger partial charge is 0.328 e. The van der Waals surface area contributed by atoms with E-state index in [0.29, 0.717) is 12.2 Å². The number of ether oxygens (including phenoxy) is 2. The minimum Gasteiger partial charge on any atom is -0.468 e. The van der Waals surface area contributed by atoms with Gasteiger partial charge in [0.05, 0.1) is 19.9 Å². The van der Waals surface area contributed by atoms with Crippen LogP contribution in [0.25, 0.3) is 0 Å². The molecule has 0 fully saturated rings. The zero-order valence-electron chi connectivity index (χ0n) is 13.6. The van der Waals surface area contributed by atoms with Crippen molar-refractivity contribution in [2.24, 2.45) is 0 Å². The normalized spacial score (nSPS) is 12.9. The summed E-state index contributed by atoms with van der Waals surface area (Å²) < 4.78 is 9.15. The first-order valence-corrected chi connectivity index (χ1v) is 7.04. The van der Waals surface area contributed by atoms with Crippen LogP contribution in [0.4, 0.5) is 0 Å². The average Bonchev–Trinajstić information content (AvgIpc) is 2.58. The molecule has 0 saturated carbocycles. The van der Waals surface area contributed by atoms with E-state index in [4.69, 9.17) is 0 Å². The summed E-state index contributed by atoms with van der Waals surface area (Å²) in [6.07, 6.45) is 0. The molecular weight excluding hydrogens is 302 g/mol. The van der Waals surface area contributed by atoms with Gasteiger partial charge in [-0.3, -0.25) is 14.9 Å². The molecule has 23 heavy (non-hydrogen) atoms. The maximum atomic E-state index is 12.0. The molecule has 1 rings (SSSR count). The third-order valence-corrected chi connectivity index (χ3v) is 3.09. The highest BCUT2D eigenvalue weighted by molar-refractivity contribution is 5.95. The topological polar surface area (TPSA) is 107 Å². The molecule has 0 aliphatic carbocycles. The van der Waals surface area contributed by atoms with Gasteiger partial charge in [0.2, 0.25) is 0 Å². The SMILES string of the molecule is COC(=O)C(C)NCc1cccc(C(=O)NC(C)C(=O)OC)n1. The van der Waals surface area contributed by atoms with Gasteiger partial charge in [-0.1, -0.05) is 6.07 Å². The number of nitrogens with one attached hydrogen (secondary N) is 2. The molecule has 1 aromatic rings. The van der Waals surface area contributed by atoms with E-state index in [0.717, 1.165) is 0 Å². The molecule has 126 valence electrons. The third kappa shape index (κ3) is 5.67. The largest absolute Gasteiger partial charge is 0.468 e. The molecule has 2 atom stereocenters. The predicted octanol–water partition coefficient (Wildman–Crippen LogP) is 0.0240. The van der Waals surface area contributed by atoms with Gasteiger partial charge < -0.3 is 14.8 Å². The monoisotopic (exact) mass is 323 g/mol. The number of methoxy groups -OCH3 is 2. The van der Waals surface area contributed by atoms with Crippen molar-refractivity contribution in [2.75, 3.05) is 14.2 Å². The predicted molar refractivity (Wildman–Crippen MR) is 81.5 cm³/mol. The van der Waals surface area contributed by atoms with Crippen molar-refractivity contribution in [3.05, 3.63) is 29.6 Å². The summed E-state index contributed by atoms with van der Waals surface area (Å²) >= 11 is 0. The highest BCUT2D eigenvalue weighted by Gasteiger charge is 2.18. The van der Waals surface area contributed by atoms with Crippen LogP contribution in [0.2, 0.25) is 0 Å². The summed E-state index contributed by atoms with van der Waals surface area (Å²) in [4.78, 5) is 38.8. The Morgan fingerprint density at radius 2 is 1.70 bits per heavy atom. The van der Waals surface area contributed by atoms with Crippen molar-refractivity contribution < 1.29 is 23.9 Å². The van der Waals surface area contributed by atoms with Crippen LogP contribution in [0.15, 0.2) is 18.2 Å². The summed E-state index contributed by atoms with van der Waals surface area (Å²) in [5.41, 5.74) is 0.755. The summed E-state index contributed by atoms with van der Waals surface area (Å²) in [5.74, 6) is -1.40. The van der Waals surface area contributed by atoms with Crippen LogP contribution in [0, 0.1) is 0 Å². The van der Waals surface area contributed by atoms with Gasteiger partial charge in [0.25, 0.3) is 5.91 Å². The van der Waals surface area contributed by atoms with Crippen molar-refractivity contribution in [1.82, 2.24) is 15.6 Å². The molecule has 8 heteroatoms. The van der Waals surface area contributed by atoms with Gasteiger partial charge in [-0.25, -0.2) is 9.78 Å². The Balaban J connectivity index is 2.67. The fraction of sp³-hybridized carbons (Fsp3) is 0.467. The summed E-state index contributed by atoms with van der Waals surface area (Å²) in [7, 11) is 2.56. The van der Waals surface area contributed by atoms with Crippen molar-refractivity contribution in [1.29, 1.82) is 0 Å². The third-order valence-electron chi connectivity index (χ3n) is 3.09. The van der Waals surface area contributed by atoms with Crippen LogP contribution in [0.3, 0.4) is 0 Å². The lowest BCUT2D eigenvalue weighted by Gasteiger charge is -2.13. The molecule has 0 bridgehead atoms. The highest BCUT2D eigenvalue weighted by Crippen LogP contribution is 2.01. The highest BCUT2D eigenvalue weighted by atomic mass is 16.5. The molecule has 1 amide bonds. The average molecular weight is 323 g/mol. The number of pyridine rings is 1. The minimum atomic E-state index is -0.768. The number of nitrogens with zero attached hydrogens (tertiary/aromatic N) is 1. The van der Waals surface area contributed by atoms with E-state index in [2.05, 4.69) is 25.1 Å². The van der Waals surface area contributed by atoms with E-state index in [1.165, 1.54) is 27.2 Å². The Bertz CT molecular complexity index is 576. The van der Waals surface area contributed by atoms with Gasteiger partial charge in [-0.15, -0.1) is 0 Å². The number of aromatic nitrogens is 1. The van der Waals surface area contributed by atoms with Crippen LogP contribution < -0.4 is 10.6 Å². The maximum absolute atomic E-state index is 12.0. The number of carbonyl (C=O) groups is 3. The summed E-state index contributed by atoms with van der Waals surface area (Å²) in [5, 5.41) is 5.44. The molecule has 2 N–H and O–H groups in total. The number of carbonyl (C=O) groups excluding carboxylic acids is 3. The molecule has 0 radical (unpaired) electrons. The molecule has 8 nitrogen and oxygen atoms in total. The van der Waals surface area contributed by atoms with Crippen molar-refractivity contribution >= 4 is 17.8 Å². The van der Waals surface area contributed by atoms with E-state index in [-0.39, 0.29) is 11.7 Å². The standard InChI is InChI=1S/C15H21N3O5/c1-9(14(20)22-3)16-8-11-6-5-7-12(18-11)13(19)17-10(2)15(21)23-4/h5-7,9-10,16H,8H2,1-4H3,(H,17,19). The summed E-state index contributed by atoms with van der Waals surface area (Å²) in [6, 6.07) is 3.67. The second-order valence-electron chi connectivity index (χ2n) is 4.86. The molecular formula is C15H21N3O5. The number of esters is 2. The Labute approximate surface area is 134 Å². The molecule has 1 heterocycles. The summed E-state index contributed by atoms with van der Waals surface area (Å²) in [6.45, 7) is 3.48. The van der Waals surface area contributed by atoms with Crippen LogP contribution >= 0.6 is 0 Å². The molecule has 1 aromatic heterocycles. The Hall–Kier alpha value is -2.48. The van der Waals surface area contributed by atoms with E-state index >= 15 is 0 Å².